The standard InChI is InChI=1S/C24H25N5O2/c1-16-13-17(2)27-24-22(16)23(19-8-4-5-9-20(19)31-3)28-29(24)12-10-21(30)26-15-18-7-6-11-25-14-18/h4-9,11,13-14H,10,12,15H2,1-3H3,(H,26,30). The summed E-state index contributed by atoms with van der Waals surface area (Å²) in [7, 11) is 1.65. The molecule has 158 valence electrons. The Bertz CT molecular complexity index is 1220. The molecular formula is C24H25N5O2. The van der Waals surface area contributed by atoms with Gasteiger partial charge in [-0.3, -0.25) is 9.78 Å². The molecule has 0 aliphatic rings. The van der Waals surface area contributed by atoms with Crippen LogP contribution >= 0.6 is 0 Å². The van der Waals surface area contributed by atoms with Crippen LogP contribution in [0.4, 0.5) is 0 Å². The Labute approximate surface area is 181 Å². The number of carbonyl (C=O) groups is 1. The lowest BCUT2D eigenvalue weighted by atomic mass is 10.0. The van der Waals surface area contributed by atoms with Crippen LogP contribution in [-0.4, -0.2) is 32.8 Å². The third-order valence-electron chi connectivity index (χ3n) is 5.15. The predicted molar refractivity (Wildman–Crippen MR) is 120 cm³/mol. The first kappa shape index (κ1) is 20.5. The van der Waals surface area contributed by atoms with Gasteiger partial charge in [-0.2, -0.15) is 5.10 Å². The number of methoxy groups -OCH3 is 1. The summed E-state index contributed by atoms with van der Waals surface area (Å²) in [6.45, 7) is 4.91. The SMILES string of the molecule is COc1ccccc1-c1nn(CCC(=O)NCc2cccnc2)c2nc(C)cc(C)c12. The third kappa shape index (κ3) is 4.40. The molecular weight excluding hydrogens is 390 g/mol. The molecule has 0 bridgehead atoms. The fourth-order valence-electron chi connectivity index (χ4n) is 3.70. The van der Waals surface area contributed by atoms with Crippen LogP contribution in [0.15, 0.2) is 54.9 Å². The molecule has 4 aromatic rings. The highest BCUT2D eigenvalue weighted by Gasteiger charge is 2.19. The number of amides is 1. The maximum atomic E-state index is 12.4. The monoisotopic (exact) mass is 415 g/mol. The van der Waals surface area contributed by atoms with Gasteiger partial charge in [0.25, 0.3) is 0 Å². The molecule has 4 rings (SSSR count). The van der Waals surface area contributed by atoms with Crippen molar-refractivity contribution in [3.05, 3.63) is 71.7 Å². The first-order chi connectivity index (χ1) is 15.1. The molecule has 0 spiro atoms. The number of hydrogen-bond acceptors (Lipinski definition) is 5. The van der Waals surface area contributed by atoms with E-state index in [-0.39, 0.29) is 5.91 Å². The van der Waals surface area contributed by atoms with Gasteiger partial charge in [0, 0.05) is 36.6 Å². The summed E-state index contributed by atoms with van der Waals surface area (Å²) in [4.78, 5) is 21.2. The van der Waals surface area contributed by atoms with Crippen molar-refractivity contribution in [1.82, 2.24) is 25.1 Å². The number of hydrogen-bond donors (Lipinski definition) is 1. The van der Waals surface area contributed by atoms with Gasteiger partial charge in [0.1, 0.15) is 11.4 Å². The van der Waals surface area contributed by atoms with Crippen molar-refractivity contribution in [2.24, 2.45) is 0 Å². The summed E-state index contributed by atoms with van der Waals surface area (Å²) in [5, 5.41) is 8.76. The van der Waals surface area contributed by atoms with Crippen molar-refractivity contribution in [3.8, 4) is 17.0 Å². The molecule has 3 heterocycles. The van der Waals surface area contributed by atoms with Gasteiger partial charge in [0.05, 0.1) is 19.0 Å². The maximum Gasteiger partial charge on any atom is 0.222 e. The molecule has 0 radical (unpaired) electrons. The first-order valence-corrected chi connectivity index (χ1v) is 10.2. The number of fused-ring (bicyclic) bond motifs is 1. The van der Waals surface area contributed by atoms with Crippen LogP contribution in [0.2, 0.25) is 0 Å². The van der Waals surface area contributed by atoms with Crippen molar-refractivity contribution >= 4 is 16.9 Å². The van der Waals surface area contributed by atoms with Gasteiger partial charge in [0.15, 0.2) is 5.65 Å². The Morgan fingerprint density at radius 2 is 2.00 bits per heavy atom. The highest BCUT2D eigenvalue weighted by molar-refractivity contribution is 5.95. The molecule has 3 aromatic heterocycles. The van der Waals surface area contributed by atoms with E-state index in [1.807, 2.05) is 54.1 Å². The van der Waals surface area contributed by atoms with E-state index < -0.39 is 0 Å². The van der Waals surface area contributed by atoms with Crippen LogP contribution in [0.25, 0.3) is 22.3 Å². The smallest absolute Gasteiger partial charge is 0.222 e. The lowest BCUT2D eigenvalue weighted by Gasteiger charge is -2.06. The highest BCUT2D eigenvalue weighted by Crippen LogP contribution is 2.35. The number of para-hydroxylation sites is 1. The normalized spacial score (nSPS) is 10.9. The molecule has 0 saturated heterocycles. The topological polar surface area (TPSA) is 81.9 Å². The van der Waals surface area contributed by atoms with Crippen molar-refractivity contribution in [1.29, 1.82) is 0 Å². The van der Waals surface area contributed by atoms with E-state index in [4.69, 9.17) is 14.8 Å². The van der Waals surface area contributed by atoms with Gasteiger partial charge in [-0.1, -0.05) is 18.2 Å². The molecule has 0 aliphatic heterocycles. The fraction of sp³-hybridized carbons (Fsp3) is 0.250. The van der Waals surface area contributed by atoms with Gasteiger partial charge >= 0.3 is 0 Å². The lowest BCUT2D eigenvalue weighted by Crippen LogP contribution is -2.24. The van der Waals surface area contributed by atoms with Gasteiger partial charge in [0.2, 0.25) is 5.91 Å². The van der Waals surface area contributed by atoms with Gasteiger partial charge < -0.3 is 10.1 Å². The molecule has 0 fully saturated rings. The van der Waals surface area contributed by atoms with Crippen molar-refractivity contribution in [2.75, 3.05) is 7.11 Å². The highest BCUT2D eigenvalue weighted by atomic mass is 16.5. The van der Waals surface area contributed by atoms with Crippen LogP contribution in [-0.2, 0) is 17.9 Å². The summed E-state index contributed by atoms with van der Waals surface area (Å²) >= 11 is 0. The molecule has 0 aliphatic carbocycles. The maximum absolute atomic E-state index is 12.4. The minimum Gasteiger partial charge on any atom is -0.496 e. The summed E-state index contributed by atoms with van der Waals surface area (Å²) in [6, 6.07) is 13.6. The second-order valence-electron chi connectivity index (χ2n) is 7.44. The number of carbonyl (C=O) groups excluding carboxylic acids is 1. The van der Waals surface area contributed by atoms with Crippen LogP contribution in [0.1, 0.15) is 23.2 Å². The van der Waals surface area contributed by atoms with Crippen molar-refractivity contribution in [2.45, 2.75) is 33.4 Å². The Kier molecular flexibility index (Phi) is 5.93. The van der Waals surface area contributed by atoms with E-state index in [2.05, 4.69) is 17.2 Å². The Hall–Kier alpha value is -3.74. The Morgan fingerprint density at radius 1 is 1.16 bits per heavy atom. The molecule has 7 heteroatoms. The van der Waals surface area contributed by atoms with Crippen molar-refractivity contribution in [3.63, 3.8) is 0 Å². The van der Waals surface area contributed by atoms with Crippen LogP contribution in [0, 0.1) is 13.8 Å². The number of aryl methyl sites for hydroxylation is 3. The van der Waals surface area contributed by atoms with Crippen LogP contribution in [0.5, 0.6) is 5.75 Å². The van der Waals surface area contributed by atoms with Gasteiger partial charge in [-0.25, -0.2) is 9.67 Å². The molecule has 7 nitrogen and oxygen atoms in total. The van der Waals surface area contributed by atoms with E-state index >= 15 is 0 Å². The number of rotatable bonds is 7. The molecule has 1 aromatic carbocycles. The lowest BCUT2D eigenvalue weighted by molar-refractivity contribution is -0.121. The molecule has 1 N–H and O–H groups in total. The van der Waals surface area contributed by atoms with Gasteiger partial charge in [-0.05, 0) is 49.2 Å². The summed E-state index contributed by atoms with van der Waals surface area (Å²) in [5.74, 6) is 0.707. The van der Waals surface area contributed by atoms with E-state index in [9.17, 15) is 4.79 Å². The molecule has 0 atom stereocenters. The second-order valence-corrected chi connectivity index (χ2v) is 7.44. The Morgan fingerprint density at radius 3 is 2.77 bits per heavy atom. The fourth-order valence-corrected chi connectivity index (χ4v) is 3.70. The first-order valence-electron chi connectivity index (χ1n) is 10.2. The van der Waals surface area contributed by atoms with E-state index in [0.717, 1.165) is 44.9 Å². The van der Waals surface area contributed by atoms with Crippen LogP contribution < -0.4 is 10.1 Å². The number of nitrogens with one attached hydrogen (secondary N) is 1. The average Bonchev–Trinajstić information content (AvgIpc) is 3.15. The van der Waals surface area contributed by atoms with E-state index in [1.165, 1.54) is 0 Å². The number of pyridine rings is 2. The minimum absolute atomic E-state index is 0.0456. The summed E-state index contributed by atoms with van der Waals surface area (Å²) in [6.07, 6.45) is 3.76. The summed E-state index contributed by atoms with van der Waals surface area (Å²) < 4.78 is 7.38. The Balaban J connectivity index is 1.61. The van der Waals surface area contributed by atoms with Crippen LogP contribution in [0.3, 0.4) is 0 Å². The van der Waals surface area contributed by atoms with Gasteiger partial charge in [-0.15, -0.1) is 0 Å². The molecule has 0 unspecified atom stereocenters. The van der Waals surface area contributed by atoms with Crippen molar-refractivity contribution < 1.29 is 9.53 Å². The molecule has 1 amide bonds. The number of ether oxygens (including phenoxy) is 1. The zero-order valence-electron chi connectivity index (χ0n) is 17.9. The number of benzene rings is 1. The quantitative estimate of drug-likeness (QED) is 0.496. The third-order valence-corrected chi connectivity index (χ3v) is 5.15. The zero-order valence-corrected chi connectivity index (χ0v) is 17.9. The number of aromatic nitrogens is 4. The number of nitrogens with zero attached hydrogens (tertiary/aromatic N) is 4. The summed E-state index contributed by atoms with van der Waals surface area (Å²) in [5.41, 5.74) is 5.47. The second kappa shape index (κ2) is 8.95. The average molecular weight is 415 g/mol. The zero-order chi connectivity index (χ0) is 21.8. The molecule has 0 saturated carbocycles. The van der Waals surface area contributed by atoms with E-state index in [0.29, 0.717) is 19.5 Å². The van der Waals surface area contributed by atoms with E-state index in [1.54, 1.807) is 19.5 Å². The predicted octanol–water partition coefficient (Wildman–Crippen LogP) is 3.83. The largest absolute Gasteiger partial charge is 0.496 e. The molecule has 31 heavy (non-hydrogen) atoms. The minimum atomic E-state index is -0.0456.